The van der Waals surface area contributed by atoms with E-state index < -0.39 is 0 Å². The van der Waals surface area contributed by atoms with Crippen LogP contribution in [0.15, 0.2) is 58.4 Å². The van der Waals surface area contributed by atoms with E-state index in [9.17, 15) is 4.79 Å². The number of nitrogens with one attached hydrogen (secondary N) is 1. The molecule has 0 bridgehead atoms. The molecule has 0 spiro atoms. The number of aryl methyl sites for hydroxylation is 3. The number of aliphatic imine (C=N–C) groups is 1. The van der Waals surface area contributed by atoms with Gasteiger partial charge in [-0.1, -0.05) is 41.4 Å². The minimum atomic E-state index is -0.193. The first-order chi connectivity index (χ1) is 17.2. The van der Waals surface area contributed by atoms with Crippen molar-refractivity contribution >= 4 is 46.2 Å². The van der Waals surface area contributed by atoms with Crippen LogP contribution in [0.3, 0.4) is 0 Å². The first kappa shape index (κ1) is 25.9. The lowest BCUT2D eigenvalue weighted by molar-refractivity contribution is -0.115. The summed E-state index contributed by atoms with van der Waals surface area (Å²) in [5.74, 6) is 1.11. The van der Waals surface area contributed by atoms with Crippen molar-refractivity contribution in [3.8, 4) is 11.5 Å². The van der Waals surface area contributed by atoms with Crippen LogP contribution >= 0.6 is 23.4 Å². The van der Waals surface area contributed by atoms with E-state index in [-0.39, 0.29) is 5.91 Å². The lowest BCUT2D eigenvalue weighted by atomic mass is 10.0. The van der Waals surface area contributed by atoms with E-state index in [1.54, 1.807) is 0 Å². The molecule has 1 aliphatic heterocycles. The van der Waals surface area contributed by atoms with Crippen molar-refractivity contribution in [1.29, 1.82) is 0 Å². The number of amides is 1. The summed E-state index contributed by atoms with van der Waals surface area (Å²) in [6, 6.07) is 15.6. The van der Waals surface area contributed by atoms with Gasteiger partial charge in [0.05, 0.1) is 17.2 Å². The number of halogens is 1. The summed E-state index contributed by atoms with van der Waals surface area (Å²) in [5, 5.41) is 3.99. The van der Waals surface area contributed by atoms with Crippen LogP contribution in [0.25, 0.3) is 6.08 Å². The van der Waals surface area contributed by atoms with Gasteiger partial charge in [-0.25, -0.2) is 4.99 Å². The van der Waals surface area contributed by atoms with E-state index in [4.69, 9.17) is 21.1 Å². The van der Waals surface area contributed by atoms with Gasteiger partial charge in [0.25, 0.3) is 5.91 Å². The second-order valence-electron chi connectivity index (χ2n) is 8.67. The summed E-state index contributed by atoms with van der Waals surface area (Å²) in [5.41, 5.74) is 7.27. The first-order valence-corrected chi connectivity index (χ1v) is 13.0. The topological polar surface area (TPSA) is 59.9 Å². The molecule has 1 N–H and O–H groups in total. The summed E-state index contributed by atoms with van der Waals surface area (Å²) in [4.78, 5) is 17.7. The zero-order valence-corrected chi connectivity index (χ0v) is 22.6. The average molecular weight is 521 g/mol. The molecule has 186 valence electrons. The lowest BCUT2D eigenvalue weighted by Crippen LogP contribution is -2.19. The summed E-state index contributed by atoms with van der Waals surface area (Å²) in [6.45, 7) is 11.1. The Morgan fingerprint density at radius 3 is 2.47 bits per heavy atom. The fraction of sp³-hybridized carbons (Fsp3) is 0.241. The highest BCUT2D eigenvalue weighted by atomic mass is 35.5. The summed E-state index contributed by atoms with van der Waals surface area (Å²) in [7, 11) is 0. The molecule has 0 radical (unpaired) electrons. The molecule has 3 aromatic rings. The number of hydrogen-bond donors (Lipinski definition) is 1. The predicted octanol–water partition coefficient (Wildman–Crippen LogP) is 7.44. The maximum Gasteiger partial charge on any atom is 0.264 e. The van der Waals surface area contributed by atoms with E-state index in [1.807, 2.05) is 56.3 Å². The number of ether oxygens (including phenoxy) is 2. The quantitative estimate of drug-likeness (QED) is 0.329. The van der Waals surface area contributed by atoms with Gasteiger partial charge < -0.3 is 14.8 Å². The Morgan fingerprint density at radius 2 is 1.75 bits per heavy atom. The van der Waals surface area contributed by atoms with Gasteiger partial charge in [0.1, 0.15) is 6.61 Å². The molecule has 1 aliphatic rings. The number of amidine groups is 1. The highest BCUT2D eigenvalue weighted by Gasteiger charge is 2.24. The SMILES string of the molecule is CCOc1cc(/C=C2\SC(=Nc3cccc(Cl)c3C)NC2=O)ccc1OCc1c(C)cc(C)cc1C. The molecular formula is C29H29ClN2O3S. The maximum absolute atomic E-state index is 12.6. The Kier molecular flexibility index (Phi) is 8.07. The van der Waals surface area contributed by atoms with Crippen molar-refractivity contribution in [1.82, 2.24) is 5.32 Å². The number of rotatable bonds is 7. The molecule has 1 amide bonds. The Hall–Kier alpha value is -3.22. The number of carbonyl (C=O) groups is 1. The highest BCUT2D eigenvalue weighted by Crippen LogP contribution is 2.34. The third-order valence-electron chi connectivity index (χ3n) is 5.89. The fourth-order valence-corrected chi connectivity index (χ4v) is 5.05. The van der Waals surface area contributed by atoms with Crippen molar-refractivity contribution in [2.45, 2.75) is 41.2 Å². The molecule has 0 aliphatic carbocycles. The Balaban J connectivity index is 1.54. The number of hydrogen-bond acceptors (Lipinski definition) is 5. The summed E-state index contributed by atoms with van der Waals surface area (Å²) >= 11 is 7.49. The molecule has 3 aromatic carbocycles. The largest absolute Gasteiger partial charge is 0.490 e. The molecule has 1 heterocycles. The van der Waals surface area contributed by atoms with Gasteiger partial charge in [-0.2, -0.15) is 0 Å². The van der Waals surface area contributed by atoms with E-state index in [0.29, 0.717) is 39.8 Å². The van der Waals surface area contributed by atoms with Crippen molar-refractivity contribution in [2.24, 2.45) is 4.99 Å². The number of thioether (sulfide) groups is 1. The number of nitrogens with zero attached hydrogens (tertiary/aromatic N) is 1. The van der Waals surface area contributed by atoms with E-state index in [2.05, 4.69) is 43.2 Å². The normalized spacial score (nSPS) is 15.4. The lowest BCUT2D eigenvalue weighted by Gasteiger charge is -2.15. The van der Waals surface area contributed by atoms with Crippen LogP contribution in [-0.2, 0) is 11.4 Å². The van der Waals surface area contributed by atoms with Crippen LogP contribution < -0.4 is 14.8 Å². The third kappa shape index (κ3) is 5.94. The Morgan fingerprint density at radius 1 is 1.00 bits per heavy atom. The molecular weight excluding hydrogens is 492 g/mol. The Bertz CT molecular complexity index is 1360. The maximum atomic E-state index is 12.6. The molecule has 7 heteroatoms. The molecule has 4 rings (SSSR count). The molecule has 1 fully saturated rings. The molecule has 5 nitrogen and oxygen atoms in total. The van der Waals surface area contributed by atoms with Crippen LogP contribution in [0, 0.1) is 27.7 Å². The van der Waals surface area contributed by atoms with Gasteiger partial charge in [0, 0.05) is 5.02 Å². The van der Waals surface area contributed by atoms with E-state index in [0.717, 1.165) is 16.8 Å². The smallest absolute Gasteiger partial charge is 0.264 e. The van der Waals surface area contributed by atoms with Gasteiger partial charge in [0.2, 0.25) is 0 Å². The van der Waals surface area contributed by atoms with Crippen molar-refractivity contribution in [2.75, 3.05) is 6.61 Å². The highest BCUT2D eigenvalue weighted by molar-refractivity contribution is 8.18. The van der Waals surface area contributed by atoms with Gasteiger partial charge >= 0.3 is 0 Å². The zero-order valence-electron chi connectivity index (χ0n) is 21.1. The average Bonchev–Trinajstić information content (AvgIpc) is 3.16. The monoisotopic (exact) mass is 520 g/mol. The van der Waals surface area contributed by atoms with Crippen LogP contribution in [0.5, 0.6) is 11.5 Å². The predicted molar refractivity (Wildman–Crippen MR) is 150 cm³/mol. The Labute approximate surface area is 221 Å². The van der Waals surface area contributed by atoms with Gasteiger partial charge in [-0.3, -0.25) is 4.79 Å². The van der Waals surface area contributed by atoms with E-state index in [1.165, 1.54) is 34.0 Å². The second-order valence-corrected chi connectivity index (χ2v) is 10.1. The molecule has 0 atom stereocenters. The van der Waals surface area contributed by atoms with Crippen molar-refractivity contribution < 1.29 is 14.3 Å². The van der Waals surface area contributed by atoms with Gasteiger partial charge in [-0.05, 0) is 105 Å². The van der Waals surface area contributed by atoms with Crippen molar-refractivity contribution in [3.05, 3.63) is 91.8 Å². The second kappa shape index (κ2) is 11.2. The summed E-state index contributed by atoms with van der Waals surface area (Å²) in [6.07, 6.45) is 1.83. The van der Waals surface area contributed by atoms with Crippen LogP contribution in [0.2, 0.25) is 5.02 Å². The van der Waals surface area contributed by atoms with Gasteiger partial charge in [0.15, 0.2) is 16.7 Å². The van der Waals surface area contributed by atoms with Crippen LogP contribution in [0.1, 0.15) is 40.3 Å². The molecule has 0 aromatic heterocycles. The molecule has 0 unspecified atom stereocenters. The first-order valence-electron chi connectivity index (χ1n) is 11.8. The van der Waals surface area contributed by atoms with Crippen molar-refractivity contribution in [3.63, 3.8) is 0 Å². The molecule has 0 saturated carbocycles. The van der Waals surface area contributed by atoms with E-state index >= 15 is 0 Å². The zero-order chi connectivity index (χ0) is 25.8. The minimum absolute atomic E-state index is 0.193. The summed E-state index contributed by atoms with van der Waals surface area (Å²) < 4.78 is 12.0. The standard InChI is InChI=1S/C29H29ClN2O3S/c1-6-34-26-14-21(10-11-25(26)35-16-22-18(3)12-17(2)13-19(22)4)15-27-28(33)32-29(36-27)31-24-9-7-8-23(30)20(24)5/h7-15H,6,16H2,1-5H3,(H,31,32,33)/b27-15-. The third-order valence-corrected chi connectivity index (χ3v) is 7.21. The van der Waals surface area contributed by atoms with Gasteiger partial charge in [-0.15, -0.1) is 0 Å². The fourth-order valence-electron chi connectivity index (χ4n) is 4.05. The number of carbonyl (C=O) groups excluding carboxylic acids is 1. The molecule has 1 saturated heterocycles. The molecule has 36 heavy (non-hydrogen) atoms. The van der Waals surface area contributed by atoms with Crippen LogP contribution in [-0.4, -0.2) is 17.7 Å². The number of benzene rings is 3. The minimum Gasteiger partial charge on any atom is -0.490 e. The van der Waals surface area contributed by atoms with Crippen LogP contribution in [0.4, 0.5) is 5.69 Å².